The molecule has 0 fully saturated rings. The van der Waals surface area contributed by atoms with Crippen LogP contribution in [0.2, 0.25) is 0 Å². The molecule has 28 heavy (non-hydrogen) atoms. The molecule has 5 rings (SSSR count). The number of aromatic nitrogens is 1. The minimum absolute atomic E-state index is 0.130. The number of ether oxygens (including phenoxy) is 2. The van der Waals surface area contributed by atoms with Gasteiger partial charge in [-0.2, -0.15) is 0 Å². The average Bonchev–Trinajstić information content (AvgIpc) is 3.36. The third-order valence-electron chi connectivity index (χ3n) is 4.76. The lowest BCUT2D eigenvalue weighted by Gasteiger charge is -2.09. The minimum atomic E-state index is -0.130. The van der Waals surface area contributed by atoms with E-state index < -0.39 is 0 Å². The van der Waals surface area contributed by atoms with Crippen molar-refractivity contribution in [3.63, 3.8) is 0 Å². The number of aliphatic imine (C=N–C) groups is 4. The van der Waals surface area contributed by atoms with Gasteiger partial charge in [0.15, 0.2) is 11.7 Å². The molecule has 2 unspecified atom stereocenters. The Morgan fingerprint density at radius 2 is 1.21 bits per heavy atom. The van der Waals surface area contributed by atoms with Gasteiger partial charge in [-0.15, -0.1) is 0 Å². The summed E-state index contributed by atoms with van der Waals surface area (Å²) in [5, 5.41) is 0. The molecule has 3 heterocycles. The Morgan fingerprint density at radius 1 is 0.714 bits per heavy atom. The van der Waals surface area contributed by atoms with Crippen molar-refractivity contribution in [3.05, 3.63) is 77.6 Å². The molecule has 0 saturated heterocycles. The van der Waals surface area contributed by atoms with E-state index in [9.17, 15) is 0 Å². The lowest BCUT2D eigenvalue weighted by atomic mass is 10.1. The van der Waals surface area contributed by atoms with Crippen LogP contribution >= 0.6 is 0 Å². The van der Waals surface area contributed by atoms with Crippen LogP contribution in [0.15, 0.2) is 86.1 Å². The Hall–Kier alpha value is -3.61. The molecule has 0 amide bonds. The Bertz CT molecular complexity index is 1020. The maximum atomic E-state index is 5.27. The number of allylic oxidation sites excluding steroid dienone is 2. The predicted molar refractivity (Wildman–Crippen MR) is 108 cm³/mol. The van der Waals surface area contributed by atoms with Crippen LogP contribution in [0, 0.1) is 0 Å². The molecule has 2 aliphatic carbocycles. The molecule has 2 aliphatic heterocycles. The molecule has 7 nitrogen and oxygen atoms in total. The van der Waals surface area contributed by atoms with E-state index in [1.165, 1.54) is 0 Å². The maximum Gasteiger partial charge on any atom is 0.174 e. The molecule has 1 aromatic rings. The maximum absolute atomic E-state index is 5.27. The van der Waals surface area contributed by atoms with E-state index in [0.29, 0.717) is 23.1 Å². The molecule has 0 spiro atoms. The summed E-state index contributed by atoms with van der Waals surface area (Å²) in [4.78, 5) is 23.3. The smallest absolute Gasteiger partial charge is 0.174 e. The first kappa shape index (κ1) is 16.6. The lowest BCUT2D eigenvalue weighted by Crippen LogP contribution is -2.14. The van der Waals surface area contributed by atoms with Crippen molar-refractivity contribution >= 4 is 23.1 Å². The summed E-state index contributed by atoms with van der Waals surface area (Å²) in [5.74, 6) is 2.77. The molecule has 7 heteroatoms. The largest absolute Gasteiger partial charge is 0.497 e. The Kier molecular flexibility index (Phi) is 3.86. The van der Waals surface area contributed by atoms with Gasteiger partial charge >= 0.3 is 0 Å². The molecule has 0 saturated carbocycles. The summed E-state index contributed by atoms with van der Waals surface area (Å²) >= 11 is 0. The second-order valence-corrected chi connectivity index (χ2v) is 6.49. The number of nitrogens with zero attached hydrogens (tertiary/aromatic N) is 5. The highest BCUT2D eigenvalue weighted by Gasteiger charge is 2.26. The molecule has 0 radical (unpaired) electrons. The monoisotopic (exact) mass is 371 g/mol. The summed E-state index contributed by atoms with van der Waals surface area (Å²) in [6, 6.07) is 5.45. The third-order valence-corrected chi connectivity index (χ3v) is 4.76. The van der Waals surface area contributed by atoms with Gasteiger partial charge in [-0.1, -0.05) is 6.07 Å². The minimum Gasteiger partial charge on any atom is -0.497 e. The average molecular weight is 371 g/mol. The zero-order valence-electron chi connectivity index (χ0n) is 15.4. The first-order chi connectivity index (χ1) is 13.7. The van der Waals surface area contributed by atoms with Crippen LogP contribution in [-0.2, 0) is 9.47 Å². The first-order valence-corrected chi connectivity index (χ1v) is 8.92. The fraction of sp³-hybridized carbons (Fsp3) is 0.190. The van der Waals surface area contributed by atoms with Crippen molar-refractivity contribution in [2.75, 3.05) is 14.2 Å². The van der Waals surface area contributed by atoms with E-state index in [2.05, 4.69) is 20.0 Å². The van der Waals surface area contributed by atoms with Crippen molar-refractivity contribution in [2.45, 2.75) is 12.1 Å². The summed E-state index contributed by atoms with van der Waals surface area (Å²) < 4.78 is 10.5. The fourth-order valence-corrected chi connectivity index (χ4v) is 3.31. The number of amidine groups is 2. The van der Waals surface area contributed by atoms with Crippen LogP contribution in [0.25, 0.3) is 0 Å². The highest BCUT2D eigenvalue weighted by atomic mass is 16.5. The number of methoxy groups -OCH3 is 2. The molecular formula is C21H17N5O2. The van der Waals surface area contributed by atoms with Crippen molar-refractivity contribution in [1.82, 2.24) is 4.98 Å². The van der Waals surface area contributed by atoms with Crippen LogP contribution < -0.4 is 0 Å². The van der Waals surface area contributed by atoms with E-state index in [1.54, 1.807) is 14.2 Å². The molecule has 0 aromatic carbocycles. The van der Waals surface area contributed by atoms with E-state index in [4.69, 9.17) is 14.5 Å². The number of hydrogen-bond acceptors (Lipinski definition) is 7. The number of pyridine rings is 1. The SMILES string of the molecule is COC1=CC2N=C(c3cccc(C4=NC5C=C(OC)C=CC5=N4)n3)N=C2C=C1. The fourth-order valence-electron chi connectivity index (χ4n) is 3.31. The van der Waals surface area contributed by atoms with Crippen LogP contribution in [0.1, 0.15) is 11.4 Å². The topological polar surface area (TPSA) is 80.8 Å². The van der Waals surface area contributed by atoms with E-state index in [1.807, 2.05) is 54.7 Å². The second kappa shape index (κ2) is 6.53. The van der Waals surface area contributed by atoms with Crippen LogP contribution in [0.3, 0.4) is 0 Å². The second-order valence-electron chi connectivity index (χ2n) is 6.49. The van der Waals surface area contributed by atoms with Crippen molar-refractivity contribution in [2.24, 2.45) is 20.0 Å². The molecule has 2 atom stereocenters. The molecule has 1 aromatic heterocycles. The van der Waals surface area contributed by atoms with E-state index in [-0.39, 0.29) is 12.1 Å². The van der Waals surface area contributed by atoms with Gasteiger partial charge in [-0.3, -0.25) is 9.98 Å². The van der Waals surface area contributed by atoms with Crippen LogP contribution in [0.4, 0.5) is 0 Å². The zero-order chi connectivity index (χ0) is 19.1. The highest BCUT2D eigenvalue weighted by molar-refractivity contribution is 6.19. The van der Waals surface area contributed by atoms with Gasteiger partial charge in [-0.05, 0) is 48.6 Å². The van der Waals surface area contributed by atoms with Gasteiger partial charge in [0.2, 0.25) is 0 Å². The normalized spacial score (nSPS) is 24.4. The number of rotatable bonds is 4. The highest BCUT2D eigenvalue weighted by Crippen LogP contribution is 2.22. The molecule has 138 valence electrons. The quantitative estimate of drug-likeness (QED) is 0.815. The van der Waals surface area contributed by atoms with Crippen molar-refractivity contribution < 1.29 is 9.47 Å². The molecular weight excluding hydrogens is 354 g/mol. The van der Waals surface area contributed by atoms with Crippen LogP contribution in [0.5, 0.6) is 0 Å². The van der Waals surface area contributed by atoms with Gasteiger partial charge in [0.05, 0.1) is 25.6 Å². The molecule has 0 N–H and O–H groups in total. The molecule has 0 bridgehead atoms. The van der Waals surface area contributed by atoms with Gasteiger partial charge < -0.3 is 9.47 Å². The van der Waals surface area contributed by atoms with Crippen molar-refractivity contribution in [1.29, 1.82) is 0 Å². The van der Waals surface area contributed by atoms with Crippen LogP contribution in [-0.4, -0.2) is 54.4 Å². The van der Waals surface area contributed by atoms with Crippen molar-refractivity contribution in [3.8, 4) is 0 Å². The Balaban J connectivity index is 1.45. The van der Waals surface area contributed by atoms with Gasteiger partial charge in [0, 0.05) is 0 Å². The van der Waals surface area contributed by atoms with Gasteiger partial charge in [0.25, 0.3) is 0 Å². The number of hydrogen-bond donors (Lipinski definition) is 0. The zero-order valence-corrected chi connectivity index (χ0v) is 15.4. The standard InChI is InChI=1S/C21H17N5O2/c1-27-12-6-8-14-18(10-12)25-20(23-14)16-4-3-5-17(22-16)21-24-15-9-7-13(28-2)11-19(15)26-21/h3-11,18-19H,1-2H3. The summed E-state index contributed by atoms with van der Waals surface area (Å²) in [5.41, 5.74) is 3.16. The number of fused-ring (bicyclic) bond motifs is 2. The van der Waals surface area contributed by atoms with Gasteiger partial charge in [-0.25, -0.2) is 15.0 Å². The van der Waals surface area contributed by atoms with E-state index in [0.717, 1.165) is 22.9 Å². The Labute approximate surface area is 162 Å². The summed E-state index contributed by atoms with van der Waals surface area (Å²) in [6.07, 6.45) is 11.5. The van der Waals surface area contributed by atoms with Gasteiger partial charge in [0.1, 0.15) is 35.0 Å². The predicted octanol–water partition coefficient (Wildman–Crippen LogP) is 2.42. The first-order valence-electron chi connectivity index (χ1n) is 8.92. The Morgan fingerprint density at radius 3 is 1.68 bits per heavy atom. The van der Waals surface area contributed by atoms with E-state index >= 15 is 0 Å². The summed E-state index contributed by atoms with van der Waals surface area (Å²) in [7, 11) is 3.29. The lowest BCUT2D eigenvalue weighted by molar-refractivity contribution is 0.304. The molecule has 4 aliphatic rings. The third kappa shape index (κ3) is 2.81. The summed E-state index contributed by atoms with van der Waals surface area (Å²) in [6.45, 7) is 0.